The van der Waals surface area contributed by atoms with Crippen LogP contribution in [-0.4, -0.2) is 88.7 Å². The molecule has 4 unspecified atom stereocenters. The summed E-state index contributed by atoms with van der Waals surface area (Å²) in [6, 6.07) is -4.14. The highest BCUT2D eigenvalue weighted by atomic mass is 32.2. The van der Waals surface area contributed by atoms with Crippen LogP contribution in [0.5, 0.6) is 0 Å². The van der Waals surface area contributed by atoms with Crippen LogP contribution in [0.2, 0.25) is 0 Å². The highest BCUT2D eigenvalue weighted by Gasteiger charge is 2.31. The lowest BCUT2D eigenvalue weighted by Crippen LogP contribution is -2.58. The van der Waals surface area contributed by atoms with E-state index in [-0.39, 0.29) is 5.92 Å². The van der Waals surface area contributed by atoms with E-state index in [4.69, 9.17) is 15.9 Å². The van der Waals surface area contributed by atoms with Crippen molar-refractivity contribution in [3.63, 3.8) is 0 Å². The topological polar surface area (TPSA) is 171 Å². The Bertz CT molecular complexity index is 579. The van der Waals surface area contributed by atoms with Gasteiger partial charge >= 0.3 is 5.97 Å². The summed E-state index contributed by atoms with van der Waals surface area (Å²) in [6.45, 7) is 2.60. The fraction of sp³-hybridized carbons (Fsp3) is 0.778. The molecule has 0 aliphatic heterocycles. The molecule has 0 aliphatic carbocycles. The summed E-state index contributed by atoms with van der Waals surface area (Å²) in [4.78, 5) is 48.6. The first-order valence-corrected chi connectivity index (χ1v) is 12.4. The number of hydrogen-bond donors (Lipinski definition) is 6. The van der Waals surface area contributed by atoms with Gasteiger partial charge in [-0.15, -0.1) is 0 Å². The molecule has 0 aromatic carbocycles. The summed E-state index contributed by atoms with van der Waals surface area (Å²) in [7, 11) is 0. The number of aliphatic carboxylic acids is 1. The molecule has 0 radical (unpaired) electrons. The zero-order chi connectivity index (χ0) is 23.3. The Morgan fingerprint density at radius 1 is 0.867 bits per heavy atom. The molecule has 12 heteroatoms. The molecule has 0 spiro atoms. The monoisotopic (exact) mass is 466 g/mol. The first-order chi connectivity index (χ1) is 14.1. The van der Waals surface area contributed by atoms with Crippen molar-refractivity contribution < 1.29 is 29.4 Å². The predicted octanol–water partition coefficient (Wildman–Crippen LogP) is -0.993. The third kappa shape index (κ3) is 10.5. The molecule has 10 nitrogen and oxygen atoms in total. The first-order valence-electron chi connectivity index (χ1n) is 9.57. The average Bonchev–Trinajstić information content (AvgIpc) is 2.69. The highest BCUT2D eigenvalue weighted by Crippen LogP contribution is 2.07. The Kier molecular flexibility index (Phi) is 14.6. The zero-order valence-electron chi connectivity index (χ0n) is 17.8. The van der Waals surface area contributed by atoms with E-state index in [9.17, 15) is 19.2 Å². The Morgan fingerprint density at radius 2 is 1.40 bits per heavy atom. The van der Waals surface area contributed by atoms with Gasteiger partial charge in [-0.1, -0.05) is 13.8 Å². The van der Waals surface area contributed by atoms with Gasteiger partial charge in [-0.25, -0.2) is 4.79 Å². The molecule has 0 rings (SSSR count). The number of aliphatic hydroxyl groups excluding tert-OH is 1. The molecule has 0 saturated carbocycles. The van der Waals surface area contributed by atoms with Crippen LogP contribution in [0, 0.1) is 5.92 Å². The Morgan fingerprint density at radius 3 is 1.87 bits per heavy atom. The minimum absolute atomic E-state index is 0.342. The van der Waals surface area contributed by atoms with E-state index >= 15 is 0 Å². The predicted molar refractivity (Wildman–Crippen MR) is 119 cm³/mol. The summed E-state index contributed by atoms with van der Waals surface area (Å²) in [6.07, 6.45) is 4.59. The van der Waals surface area contributed by atoms with Gasteiger partial charge in [-0.05, 0) is 42.8 Å². The number of rotatable bonds is 15. The van der Waals surface area contributed by atoms with E-state index in [0.717, 1.165) is 0 Å². The molecule has 30 heavy (non-hydrogen) atoms. The van der Waals surface area contributed by atoms with E-state index in [1.807, 2.05) is 12.5 Å². The molecule has 0 bridgehead atoms. The van der Waals surface area contributed by atoms with Gasteiger partial charge in [-0.2, -0.15) is 23.5 Å². The molecular weight excluding hydrogens is 432 g/mol. The Labute approximate surface area is 185 Å². The molecule has 4 atom stereocenters. The quantitative estimate of drug-likeness (QED) is 0.177. The summed E-state index contributed by atoms with van der Waals surface area (Å²) >= 11 is 3.07. The van der Waals surface area contributed by atoms with E-state index in [1.54, 1.807) is 25.6 Å². The smallest absolute Gasteiger partial charge is 0.328 e. The van der Waals surface area contributed by atoms with Crippen molar-refractivity contribution >= 4 is 47.2 Å². The van der Waals surface area contributed by atoms with Crippen molar-refractivity contribution in [2.75, 3.05) is 30.6 Å². The van der Waals surface area contributed by atoms with Crippen LogP contribution in [0.4, 0.5) is 0 Å². The van der Waals surface area contributed by atoms with Gasteiger partial charge in [0.05, 0.1) is 12.6 Å². The van der Waals surface area contributed by atoms with E-state index in [0.29, 0.717) is 24.3 Å². The summed E-state index contributed by atoms with van der Waals surface area (Å²) in [5, 5.41) is 25.5. The third-order valence-corrected chi connectivity index (χ3v) is 5.55. The standard InChI is InChI=1S/C18H34N4O6S2/c1-10(2)14(17(26)21-13(9-23)18(27)28)22-16(25)12(6-8-30-4)20-15(24)11(19)5-7-29-3/h10-14,23H,5-9,19H2,1-4H3,(H,20,24)(H,21,26)(H,22,25)(H,27,28). The van der Waals surface area contributed by atoms with Crippen molar-refractivity contribution in [1.29, 1.82) is 0 Å². The molecule has 0 heterocycles. The van der Waals surface area contributed by atoms with Gasteiger partial charge in [0.15, 0.2) is 0 Å². The van der Waals surface area contributed by atoms with Gasteiger partial charge in [0.1, 0.15) is 18.1 Å². The maximum atomic E-state index is 12.8. The molecule has 0 aliphatic rings. The number of nitrogens with one attached hydrogen (secondary N) is 3. The van der Waals surface area contributed by atoms with Crippen LogP contribution in [0.15, 0.2) is 0 Å². The second-order valence-corrected chi connectivity index (χ2v) is 9.01. The average molecular weight is 467 g/mol. The Hall–Kier alpha value is -1.50. The minimum atomic E-state index is -1.47. The van der Waals surface area contributed by atoms with Gasteiger partial charge in [0.2, 0.25) is 17.7 Å². The summed E-state index contributed by atoms with van der Waals surface area (Å²) in [5.74, 6) is -2.16. The largest absolute Gasteiger partial charge is 0.480 e. The molecule has 0 aromatic rings. The molecule has 7 N–H and O–H groups in total. The highest BCUT2D eigenvalue weighted by molar-refractivity contribution is 7.98. The second kappa shape index (κ2) is 15.3. The van der Waals surface area contributed by atoms with Crippen molar-refractivity contribution in [2.24, 2.45) is 11.7 Å². The van der Waals surface area contributed by atoms with E-state index in [2.05, 4.69) is 16.0 Å². The van der Waals surface area contributed by atoms with Crippen LogP contribution in [0.25, 0.3) is 0 Å². The molecule has 0 aromatic heterocycles. The van der Waals surface area contributed by atoms with Crippen molar-refractivity contribution in [1.82, 2.24) is 16.0 Å². The normalized spacial score (nSPS) is 15.0. The van der Waals surface area contributed by atoms with Crippen molar-refractivity contribution in [3.05, 3.63) is 0 Å². The van der Waals surface area contributed by atoms with E-state index in [1.165, 1.54) is 11.8 Å². The molecule has 3 amide bonds. The number of carbonyl (C=O) groups is 4. The van der Waals surface area contributed by atoms with Gasteiger partial charge in [0, 0.05) is 0 Å². The summed E-state index contributed by atoms with van der Waals surface area (Å²) < 4.78 is 0. The minimum Gasteiger partial charge on any atom is -0.480 e. The van der Waals surface area contributed by atoms with Crippen LogP contribution in [0.1, 0.15) is 26.7 Å². The molecule has 0 fully saturated rings. The third-order valence-electron chi connectivity index (χ3n) is 4.26. The number of nitrogens with two attached hydrogens (primary N) is 1. The fourth-order valence-electron chi connectivity index (χ4n) is 2.39. The van der Waals surface area contributed by atoms with Gasteiger partial charge in [0.25, 0.3) is 0 Å². The van der Waals surface area contributed by atoms with Crippen LogP contribution in [0.3, 0.4) is 0 Å². The number of carbonyl (C=O) groups excluding carboxylic acids is 3. The van der Waals surface area contributed by atoms with Gasteiger partial charge < -0.3 is 31.9 Å². The number of thioether (sulfide) groups is 2. The SMILES string of the molecule is CSCCC(N)C(=O)NC(CCSC)C(=O)NC(C(=O)NC(CO)C(=O)O)C(C)C. The molecular formula is C18H34N4O6S2. The molecule has 0 saturated heterocycles. The van der Waals surface area contributed by atoms with Crippen molar-refractivity contribution in [2.45, 2.75) is 50.9 Å². The lowest BCUT2D eigenvalue weighted by Gasteiger charge is -2.26. The van der Waals surface area contributed by atoms with Crippen molar-refractivity contribution in [3.8, 4) is 0 Å². The van der Waals surface area contributed by atoms with Crippen LogP contribution >= 0.6 is 23.5 Å². The number of carboxylic acid groups (broad SMARTS) is 1. The number of amides is 3. The molecule has 174 valence electrons. The zero-order valence-corrected chi connectivity index (χ0v) is 19.5. The maximum absolute atomic E-state index is 12.8. The van der Waals surface area contributed by atoms with E-state index < -0.39 is 54.5 Å². The van der Waals surface area contributed by atoms with Gasteiger partial charge in [-0.3, -0.25) is 14.4 Å². The van der Waals surface area contributed by atoms with Crippen LogP contribution in [-0.2, 0) is 19.2 Å². The fourth-order valence-corrected chi connectivity index (χ4v) is 3.36. The number of carboxylic acids is 1. The second-order valence-electron chi connectivity index (χ2n) is 7.04. The number of hydrogen-bond acceptors (Lipinski definition) is 8. The maximum Gasteiger partial charge on any atom is 0.328 e. The lowest BCUT2D eigenvalue weighted by molar-refractivity contribution is -0.143. The first kappa shape index (κ1) is 28.5. The Balaban J connectivity index is 5.23. The van der Waals surface area contributed by atoms with Crippen LogP contribution < -0.4 is 21.7 Å². The number of aliphatic hydroxyl groups is 1. The lowest BCUT2D eigenvalue weighted by atomic mass is 10.0. The summed E-state index contributed by atoms with van der Waals surface area (Å²) in [5.41, 5.74) is 5.87.